The molecule has 9 unspecified atom stereocenters. The minimum absolute atomic E-state index is 0.0409. The Labute approximate surface area is 265 Å². The Bertz CT molecular complexity index is 1310. The van der Waals surface area contributed by atoms with Crippen molar-refractivity contribution in [2.45, 2.75) is 138 Å². The number of carbonyl (C=O) groups is 1. The van der Waals surface area contributed by atoms with Crippen molar-refractivity contribution in [1.82, 2.24) is 0 Å². The van der Waals surface area contributed by atoms with Crippen molar-refractivity contribution in [1.29, 1.82) is 0 Å². The van der Waals surface area contributed by atoms with E-state index in [-0.39, 0.29) is 57.8 Å². The number of ether oxygens (including phenoxy) is 1. The molecule has 4 fully saturated rings. The number of carbonyl (C=O) groups excluding carboxylic acids is 1. The number of fused-ring (bicyclic) bond motifs is 6. The van der Waals surface area contributed by atoms with E-state index in [0.717, 1.165) is 37.7 Å². The Balaban J connectivity index is 1.18. The second-order valence-electron chi connectivity index (χ2n) is 17.7. The highest BCUT2D eigenvalue weighted by molar-refractivity contribution is 5.70. The highest BCUT2D eigenvalue weighted by Gasteiger charge is 2.63. The summed E-state index contributed by atoms with van der Waals surface area (Å²) in [7, 11) is 0. The molecule has 1 aromatic rings. The molecule has 6 rings (SSSR count). The standard InChI is InChI=1S/C39H58O5/c1-35(2)29-13-10-25-23-37(5)19-16-30-36(3,4)33(44-34(43)15-9-24-8-12-27(40)28(41)22-24)18-21-39(30,7)31(37)14-11-26(25)38(29,6)20-17-32(35)42/h8,10,12,22,26,29-33,40-42H,9,11,13-21,23H2,1-7H3. The molecule has 0 bridgehead atoms. The van der Waals surface area contributed by atoms with E-state index in [9.17, 15) is 20.1 Å². The van der Waals surface area contributed by atoms with Crippen LogP contribution in [-0.2, 0) is 16.0 Å². The van der Waals surface area contributed by atoms with E-state index in [1.54, 1.807) is 11.6 Å². The van der Waals surface area contributed by atoms with Crippen LogP contribution in [0.2, 0.25) is 0 Å². The molecule has 9 atom stereocenters. The van der Waals surface area contributed by atoms with E-state index in [0.29, 0.717) is 35.5 Å². The van der Waals surface area contributed by atoms with Crippen molar-refractivity contribution in [3.63, 3.8) is 0 Å². The number of hydrogen-bond donors (Lipinski definition) is 3. The van der Waals surface area contributed by atoms with Gasteiger partial charge in [0.2, 0.25) is 0 Å². The molecule has 244 valence electrons. The second kappa shape index (κ2) is 10.8. The third-order valence-corrected chi connectivity index (χ3v) is 14.8. The zero-order valence-electron chi connectivity index (χ0n) is 28.4. The molecule has 3 N–H and O–H groups in total. The lowest BCUT2D eigenvalue weighted by Crippen LogP contribution is -2.59. The molecule has 0 aliphatic heterocycles. The summed E-state index contributed by atoms with van der Waals surface area (Å²) in [5.41, 5.74) is 3.19. The normalized spacial score (nSPS) is 42.4. The van der Waals surface area contributed by atoms with Crippen molar-refractivity contribution in [3.05, 3.63) is 35.4 Å². The van der Waals surface area contributed by atoms with Gasteiger partial charge in [-0.05, 0) is 134 Å². The Morgan fingerprint density at radius 1 is 0.818 bits per heavy atom. The molecule has 0 amide bonds. The Morgan fingerprint density at radius 2 is 1.55 bits per heavy atom. The first-order valence-corrected chi connectivity index (χ1v) is 17.6. The zero-order chi connectivity index (χ0) is 31.9. The molecule has 0 saturated heterocycles. The molecule has 4 saturated carbocycles. The van der Waals surface area contributed by atoms with Gasteiger partial charge in [-0.25, -0.2) is 0 Å². The Hall–Kier alpha value is -2.01. The van der Waals surface area contributed by atoms with E-state index >= 15 is 0 Å². The molecule has 5 aliphatic rings. The number of aromatic hydroxyl groups is 2. The van der Waals surface area contributed by atoms with Gasteiger partial charge in [0.25, 0.3) is 0 Å². The first-order valence-electron chi connectivity index (χ1n) is 17.6. The minimum Gasteiger partial charge on any atom is -0.504 e. The van der Waals surface area contributed by atoms with Gasteiger partial charge in [0.1, 0.15) is 6.10 Å². The van der Waals surface area contributed by atoms with Crippen molar-refractivity contribution in [2.75, 3.05) is 0 Å². The number of allylic oxidation sites excluding steroid dienone is 2. The zero-order valence-corrected chi connectivity index (χ0v) is 28.4. The lowest BCUT2D eigenvalue weighted by molar-refractivity contribution is -0.193. The van der Waals surface area contributed by atoms with Crippen molar-refractivity contribution in [3.8, 4) is 11.5 Å². The van der Waals surface area contributed by atoms with Gasteiger partial charge in [-0.2, -0.15) is 0 Å². The highest BCUT2D eigenvalue weighted by atomic mass is 16.5. The fourth-order valence-corrected chi connectivity index (χ4v) is 12.3. The number of aliphatic hydroxyl groups is 1. The smallest absolute Gasteiger partial charge is 0.306 e. The topological polar surface area (TPSA) is 87.0 Å². The molecule has 5 heteroatoms. The molecule has 1 aromatic carbocycles. The maximum absolute atomic E-state index is 13.1. The van der Waals surface area contributed by atoms with E-state index in [2.05, 4.69) is 54.5 Å². The number of phenolic OH excluding ortho intramolecular Hbond substituents is 2. The third kappa shape index (κ3) is 4.94. The van der Waals surface area contributed by atoms with Crippen LogP contribution in [0.1, 0.15) is 125 Å². The summed E-state index contributed by atoms with van der Waals surface area (Å²) in [5.74, 6) is 1.85. The van der Waals surface area contributed by atoms with Gasteiger partial charge >= 0.3 is 5.97 Å². The van der Waals surface area contributed by atoms with Crippen LogP contribution in [-0.4, -0.2) is 33.5 Å². The summed E-state index contributed by atoms with van der Waals surface area (Å²) in [5, 5.41) is 30.4. The molecule has 0 spiro atoms. The van der Waals surface area contributed by atoms with E-state index < -0.39 is 0 Å². The van der Waals surface area contributed by atoms with Gasteiger partial charge in [-0.1, -0.05) is 66.2 Å². The molecular weight excluding hydrogens is 548 g/mol. The number of phenols is 2. The van der Waals surface area contributed by atoms with Crippen LogP contribution in [0.4, 0.5) is 0 Å². The first kappa shape index (κ1) is 32.0. The molecule has 0 aromatic heterocycles. The Kier molecular flexibility index (Phi) is 7.83. The lowest BCUT2D eigenvalue weighted by atomic mass is 9.42. The third-order valence-electron chi connectivity index (χ3n) is 14.8. The fourth-order valence-electron chi connectivity index (χ4n) is 12.3. The summed E-state index contributed by atoms with van der Waals surface area (Å²) in [6.45, 7) is 17.1. The predicted octanol–water partition coefficient (Wildman–Crippen LogP) is 8.73. The van der Waals surface area contributed by atoms with Crippen LogP contribution in [0, 0.1) is 50.7 Å². The van der Waals surface area contributed by atoms with E-state index in [1.165, 1.54) is 44.2 Å². The number of aryl methyl sites for hydroxylation is 1. The molecule has 5 nitrogen and oxygen atoms in total. The fraction of sp³-hybridized carbons (Fsp3) is 0.769. The van der Waals surface area contributed by atoms with Crippen LogP contribution < -0.4 is 0 Å². The van der Waals surface area contributed by atoms with Gasteiger partial charge < -0.3 is 20.1 Å². The molecule has 0 radical (unpaired) electrons. The minimum atomic E-state index is -0.200. The van der Waals surface area contributed by atoms with Gasteiger partial charge in [-0.15, -0.1) is 0 Å². The van der Waals surface area contributed by atoms with Gasteiger partial charge in [0.05, 0.1) is 6.10 Å². The average molecular weight is 607 g/mol. The number of aliphatic hydroxyl groups excluding tert-OH is 1. The summed E-state index contributed by atoms with van der Waals surface area (Å²) in [4.78, 5) is 13.1. The molecule has 44 heavy (non-hydrogen) atoms. The first-order chi connectivity index (χ1) is 20.5. The molecular formula is C39H58O5. The summed E-state index contributed by atoms with van der Waals surface area (Å²) < 4.78 is 6.26. The average Bonchev–Trinajstić information content (AvgIpc) is 3.10. The number of esters is 1. The van der Waals surface area contributed by atoms with Crippen molar-refractivity contribution in [2.24, 2.45) is 50.7 Å². The predicted molar refractivity (Wildman–Crippen MR) is 174 cm³/mol. The van der Waals surface area contributed by atoms with Crippen LogP contribution in [0.15, 0.2) is 29.8 Å². The monoisotopic (exact) mass is 606 g/mol. The number of benzene rings is 1. The van der Waals surface area contributed by atoms with Crippen LogP contribution in [0.25, 0.3) is 0 Å². The van der Waals surface area contributed by atoms with Crippen LogP contribution >= 0.6 is 0 Å². The van der Waals surface area contributed by atoms with Crippen molar-refractivity contribution < 1.29 is 24.9 Å². The quantitative estimate of drug-likeness (QED) is 0.181. The largest absolute Gasteiger partial charge is 0.504 e. The number of hydrogen-bond acceptors (Lipinski definition) is 5. The van der Waals surface area contributed by atoms with Gasteiger partial charge in [0.15, 0.2) is 11.5 Å². The maximum Gasteiger partial charge on any atom is 0.306 e. The SMILES string of the molecule is CC12CCC3C(C)(C)C(OC(=O)CCc4ccc(O)c(O)c4)CCC3(C)C1CCC1C(=CCC3C(C)(C)C(O)CCC13C)C2. The van der Waals surface area contributed by atoms with E-state index in [1.807, 2.05) is 0 Å². The second-order valence-corrected chi connectivity index (χ2v) is 17.7. The van der Waals surface area contributed by atoms with Crippen LogP contribution in [0.3, 0.4) is 0 Å². The van der Waals surface area contributed by atoms with Gasteiger partial charge in [-0.3, -0.25) is 4.79 Å². The summed E-state index contributed by atoms with van der Waals surface area (Å²) in [6.07, 6.45) is 14.5. The summed E-state index contributed by atoms with van der Waals surface area (Å²) >= 11 is 0. The molecule has 5 aliphatic carbocycles. The number of rotatable bonds is 4. The van der Waals surface area contributed by atoms with E-state index in [4.69, 9.17) is 4.74 Å². The summed E-state index contributed by atoms with van der Waals surface area (Å²) in [6, 6.07) is 4.74. The Morgan fingerprint density at radius 3 is 2.27 bits per heavy atom. The maximum atomic E-state index is 13.1. The van der Waals surface area contributed by atoms with Crippen molar-refractivity contribution >= 4 is 5.97 Å². The molecule has 0 heterocycles. The van der Waals surface area contributed by atoms with Gasteiger partial charge in [0, 0.05) is 11.8 Å². The lowest BCUT2D eigenvalue weighted by Gasteiger charge is -2.64. The highest BCUT2D eigenvalue weighted by Crippen LogP contribution is 2.70. The van der Waals surface area contributed by atoms with Crippen LogP contribution in [0.5, 0.6) is 11.5 Å².